The van der Waals surface area contributed by atoms with Crippen LogP contribution >= 0.6 is 23.1 Å². The van der Waals surface area contributed by atoms with Crippen LogP contribution in [0.5, 0.6) is 0 Å². The third-order valence-corrected chi connectivity index (χ3v) is 5.46. The van der Waals surface area contributed by atoms with Crippen molar-refractivity contribution in [3.8, 4) is 11.3 Å². The zero-order valence-corrected chi connectivity index (χ0v) is 16.3. The fourth-order valence-corrected chi connectivity index (χ4v) is 3.91. The Hall–Kier alpha value is -2.34. The predicted molar refractivity (Wildman–Crippen MR) is 114 cm³/mol. The Kier molecular flexibility index (Phi) is 5.72. The maximum absolute atomic E-state index is 6.22. The minimum absolute atomic E-state index is 0.698. The van der Waals surface area contributed by atoms with Crippen molar-refractivity contribution < 1.29 is 4.42 Å². The number of anilines is 1. The molecule has 0 spiro atoms. The predicted octanol–water partition coefficient (Wildman–Crippen LogP) is 5.80. The van der Waals surface area contributed by atoms with Crippen molar-refractivity contribution in [1.82, 2.24) is 9.69 Å². The molecule has 27 heavy (non-hydrogen) atoms. The number of hydrogen-bond donors (Lipinski definition) is 2. The molecule has 0 bridgehead atoms. The van der Waals surface area contributed by atoms with Crippen molar-refractivity contribution in [1.29, 1.82) is 0 Å². The minimum atomic E-state index is 0.698. The zero-order valence-electron chi connectivity index (χ0n) is 14.7. The lowest BCUT2D eigenvalue weighted by Gasteiger charge is -2.05. The summed E-state index contributed by atoms with van der Waals surface area (Å²) in [5, 5.41) is 8.73. The number of rotatable bonds is 8. The topological polar surface area (TPSA) is 50.1 Å². The van der Waals surface area contributed by atoms with Gasteiger partial charge in [0.15, 0.2) is 0 Å². The summed E-state index contributed by atoms with van der Waals surface area (Å²) in [7, 11) is 0. The van der Waals surface area contributed by atoms with Gasteiger partial charge in [-0.2, -0.15) is 4.37 Å². The second-order valence-corrected chi connectivity index (χ2v) is 7.44. The molecule has 2 heterocycles. The van der Waals surface area contributed by atoms with Gasteiger partial charge in [-0.3, -0.25) is 0 Å². The minimum Gasteiger partial charge on any atom is -0.460 e. The molecule has 0 saturated heterocycles. The molecule has 0 aliphatic heterocycles. The average Bonchev–Trinajstić information content (AvgIpc) is 3.32. The van der Waals surface area contributed by atoms with E-state index in [1.807, 2.05) is 48.5 Å². The monoisotopic (exact) mass is 397 g/mol. The van der Waals surface area contributed by atoms with Gasteiger partial charge in [-0.05, 0) is 60.9 Å². The van der Waals surface area contributed by atoms with E-state index in [0.29, 0.717) is 11.6 Å². The number of nitrogens with zero attached hydrogens (tertiary/aromatic N) is 1. The Morgan fingerprint density at radius 1 is 0.963 bits per heavy atom. The van der Waals surface area contributed by atoms with Gasteiger partial charge in [-0.1, -0.05) is 35.9 Å². The lowest BCUT2D eigenvalue weighted by molar-refractivity contribution is 0.492. The van der Waals surface area contributed by atoms with E-state index >= 15 is 0 Å². The largest absolute Gasteiger partial charge is 0.460 e. The van der Waals surface area contributed by atoms with Crippen LogP contribution < -0.4 is 10.6 Å². The van der Waals surface area contributed by atoms with E-state index in [-0.39, 0.29) is 0 Å². The molecule has 0 aliphatic carbocycles. The molecule has 0 saturated carbocycles. The molecule has 0 fully saturated rings. The molecule has 2 aromatic carbocycles. The molecule has 4 nitrogen and oxygen atoms in total. The maximum Gasteiger partial charge on any atom is 0.147 e. The smallest absolute Gasteiger partial charge is 0.147 e. The van der Waals surface area contributed by atoms with Crippen LogP contribution in [-0.2, 0) is 6.54 Å². The Labute approximate surface area is 167 Å². The molecule has 4 aromatic rings. The molecule has 4 rings (SSSR count). The number of aromatic nitrogens is 1. The highest BCUT2D eigenvalue weighted by molar-refractivity contribution is 7.13. The third kappa shape index (κ3) is 4.33. The van der Waals surface area contributed by atoms with E-state index in [2.05, 4.69) is 27.1 Å². The fraction of sp³-hybridized carbons (Fsp3) is 0.190. The highest BCUT2D eigenvalue weighted by Crippen LogP contribution is 2.29. The number of furan rings is 1. The molecule has 0 amide bonds. The molecule has 2 N–H and O–H groups in total. The van der Waals surface area contributed by atoms with Crippen LogP contribution in [0.2, 0.25) is 5.02 Å². The standard InChI is InChI=1S/C21H20ClN3OS/c22-18-8-3-1-6-16(18)19-11-10-15(26-19)14-23-12-5-13-24-21-17-7-2-4-9-20(17)27-25-21/h1-4,6-11,23H,5,12-14H2,(H,24,25). The van der Waals surface area contributed by atoms with Crippen LogP contribution in [-0.4, -0.2) is 17.5 Å². The highest BCUT2D eigenvalue weighted by Gasteiger charge is 2.08. The van der Waals surface area contributed by atoms with Crippen molar-refractivity contribution in [2.75, 3.05) is 18.4 Å². The number of benzene rings is 2. The lowest BCUT2D eigenvalue weighted by Crippen LogP contribution is -2.17. The van der Waals surface area contributed by atoms with E-state index in [1.54, 1.807) is 0 Å². The van der Waals surface area contributed by atoms with E-state index in [0.717, 1.165) is 42.4 Å². The molecule has 0 unspecified atom stereocenters. The van der Waals surface area contributed by atoms with Gasteiger partial charge < -0.3 is 15.1 Å². The first kappa shape index (κ1) is 18.0. The van der Waals surface area contributed by atoms with Crippen molar-refractivity contribution >= 4 is 39.0 Å². The number of hydrogen-bond acceptors (Lipinski definition) is 5. The van der Waals surface area contributed by atoms with Gasteiger partial charge in [0, 0.05) is 17.5 Å². The average molecular weight is 398 g/mol. The zero-order chi connectivity index (χ0) is 18.5. The highest BCUT2D eigenvalue weighted by atomic mass is 35.5. The Bertz CT molecular complexity index is 1030. The van der Waals surface area contributed by atoms with Crippen molar-refractivity contribution in [3.05, 3.63) is 71.4 Å². The summed E-state index contributed by atoms with van der Waals surface area (Å²) in [6.07, 6.45) is 1.00. The van der Waals surface area contributed by atoms with Crippen LogP contribution in [0.15, 0.2) is 65.1 Å². The summed E-state index contributed by atoms with van der Waals surface area (Å²) in [5.74, 6) is 2.68. The normalized spacial score (nSPS) is 11.1. The Morgan fingerprint density at radius 2 is 1.81 bits per heavy atom. The number of halogens is 1. The second-order valence-electron chi connectivity index (χ2n) is 6.23. The van der Waals surface area contributed by atoms with Gasteiger partial charge in [0.2, 0.25) is 0 Å². The molecule has 0 radical (unpaired) electrons. The molecular formula is C21H20ClN3OS. The van der Waals surface area contributed by atoms with Gasteiger partial charge >= 0.3 is 0 Å². The summed E-state index contributed by atoms with van der Waals surface area (Å²) >= 11 is 7.75. The Balaban J connectivity index is 1.21. The van der Waals surface area contributed by atoms with E-state index in [9.17, 15) is 0 Å². The first-order valence-corrected chi connectivity index (χ1v) is 10.1. The van der Waals surface area contributed by atoms with Crippen molar-refractivity contribution in [2.24, 2.45) is 0 Å². The van der Waals surface area contributed by atoms with Gasteiger partial charge in [0.1, 0.15) is 17.3 Å². The third-order valence-electron chi connectivity index (χ3n) is 4.30. The van der Waals surface area contributed by atoms with Crippen LogP contribution in [0.25, 0.3) is 21.4 Å². The molecule has 0 atom stereocenters. The van der Waals surface area contributed by atoms with E-state index in [1.165, 1.54) is 21.6 Å². The van der Waals surface area contributed by atoms with Gasteiger partial charge in [-0.15, -0.1) is 0 Å². The fourth-order valence-electron chi connectivity index (χ4n) is 2.92. The van der Waals surface area contributed by atoms with Gasteiger partial charge in [0.05, 0.1) is 16.3 Å². The summed E-state index contributed by atoms with van der Waals surface area (Å²) in [5.41, 5.74) is 0.921. The molecule has 6 heteroatoms. The van der Waals surface area contributed by atoms with E-state index in [4.69, 9.17) is 16.0 Å². The molecular weight excluding hydrogens is 378 g/mol. The molecule has 138 valence electrons. The maximum atomic E-state index is 6.22. The van der Waals surface area contributed by atoms with Crippen molar-refractivity contribution in [2.45, 2.75) is 13.0 Å². The quantitative estimate of drug-likeness (QED) is 0.369. The van der Waals surface area contributed by atoms with Crippen LogP contribution in [0.3, 0.4) is 0 Å². The van der Waals surface area contributed by atoms with Gasteiger partial charge in [0.25, 0.3) is 0 Å². The van der Waals surface area contributed by atoms with Crippen LogP contribution in [0.4, 0.5) is 5.82 Å². The SMILES string of the molecule is Clc1ccccc1-c1ccc(CNCCCNc2nsc3ccccc23)o1. The molecule has 2 aromatic heterocycles. The first-order valence-electron chi connectivity index (χ1n) is 8.94. The second kappa shape index (κ2) is 8.57. The lowest BCUT2D eigenvalue weighted by atomic mass is 10.2. The number of nitrogens with one attached hydrogen (secondary N) is 2. The van der Waals surface area contributed by atoms with Crippen molar-refractivity contribution in [3.63, 3.8) is 0 Å². The summed E-state index contributed by atoms with van der Waals surface area (Å²) in [6.45, 7) is 2.48. The van der Waals surface area contributed by atoms with Crippen LogP contribution in [0.1, 0.15) is 12.2 Å². The van der Waals surface area contributed by atoms with Gasteiger partial charge in [-0.25, -0.2) is 0 Å². The Morgan fingerprint density at radius 3 is 2.74 bits per heavy atom. The summed E-state index contributed by atoms with van der Waals surface area (Å²) < 4.78 is 11.6. The van der Waals surface area contributed by atoms with Crippen LogP contribution in [0, 0.1) is 0 Å². The summed E-state index contributed by atoms with van der Waals surface area (Å²) in [4.78, 5) is 0. The van der Waals surface area contributed by atoms with E-state index < -0.39 is 0 Å². The molecule has 0 aliphatic rings. The number of fused-ring (bicyclic) bond motifs is 1. The summed E-state index contributed by atoms with van der Waals surface area (Å²) in [6, 6.07) is 20.0. The first-order chi connectivity index (χ1) is 13.3.